The largest absolute Gasteiger partial charge is 0.351 e. The van der Waals surface area contributed by atoms with E-state index in [2.05, 4.69) is 44.1 Å². The SMILES string of the molecule is CC(C)=C1C=CC=CN1C. The van der Waals surface area contributed by atoms with Gasteiger partial charge in [0.25, 0.3) is 0 Å². The molecule has 0 aromatic rings. The predicted molar refractivity (Wildman–Crippen MR) is 44.4 cm³/mol. The van der Waals surface area contributed by atoms with E-state index in [0.29, 0.717) is 0 Å². The van der Waals surface area contributed by atoms with Crippen LogP contribution in [0, 0.1) is 0 Å². The van der Waals surface area contributed by atoms with Crippen LogP contribution < -0.4 is 0 Å². The van der Waals surface area contributed by atoms with Crippen LogP contribution >= 0.6 is 0 Å². The first-order valence-electron chi connectivity index (χ1n) is 3.47. The molecule has 1 nitrogen and oxygen atoms in total. The van der Waals surface area contributed by atoms with E-state index in [9.17, 15) is 0 Å². The van der Waals surface area contributed by atoms with Gasteiger partial charge in [0, 0.05) is 18.9 Å². The second kappa shape index (κ2) is 2.74. The maximum atomic E-state index is 2.12. The lowest BCUT2D eigenvalue weighted by molar-refractivity contribution is 0.576. The maximum Gasteiger partial charge on any atom is 0.0389 e. The van der Waals surface area contributed by atoms with E-state index in [1.807, 2.05) is 6.08 Å². The Kier molecular flexibility index (Phi) is 1.95. The minimum absolute atomic E-state index is 1.29. The highest BCUT2D eigenvalue weighted by Crippen LogP contribution is 2.13. The van der Waals surface area contributed by atoms with E-state index in [-0.39, 0.29) is 0 Å². The number of likely N-dealkylation sites (N-methyl/N-ethyl adjacent to an activating group) is 1. The van der Waals surface area contributed by atoms with Crippen molar-refractivity contribution in [2.24, 2.45) is 0 Å². The number of allylic oxidation sites excluding steroid dienone is 4. The molecule has 0 aromatic heterocycles. The van der Waals surface area contributed by atoms with E-state index in [1.54, 1.807) is 0 Å². The fourth-order valence-corrected chi connectivity index (χ4v) is 1.04. The minimum Gasteiger partial charge on any atom is -0.351 e. The van der Waals surface area contributed by atoms with Crippen molar-refractivity contribution in [3.05, 3.63) is 35.7 Å². The summed E-state index contributed by atoms with van der Waals surface area (Å²) in [7, 11) is 2.06. The average molecular weight is 135 g/mol. The molecule has 1 aliphatic rings. The van der Waals surface area contributed by atoms with Crippen LogP contribution in [0.1, 0.15) is 13.8 Å². The standard InChI is InChI=1S/C9H13N/c1-8(2)9-6-4-5-7-10(9)3/h4-7H,1-3H3. The molecule has 0 unspecified atom stereocenters. The Balaban J connectivity index is 2.91. The monoisotopic (exact) mass is 135 g/mol. The lowest BCUT2D eigenvalue weighted by Gasteiger charge is -2.19. The molecule has 0 fully saturated rings. The van der Waals surface area contributed by atoms with Crippen LogP contribution in [0.5, 0.6) is 0 Å². The van der Waals surface area contributed by atoms with Crippen LogP contribution in [0.2, 0.25) is 0 Å². The first-order valence-corrected chi connectivity index (χ1v) is 3.47. The third kappa shape index (κ3) is 1.29. The van der Waals surface area contributed by atoms with Crippen molar-refractivity contribution in [2.45, 2.75) is 13.8 Å². The van der Waals surface area contributed by atoms with Gasteiger partial charge in [-0.2, -0.15) is 0 Å². The van der Waals surface area contributed by atoms with Crippen molar-refractivity contribution < 1.29 is 0 Å². The summed E-state index contributed by atoms with van der Waals surface area (Å²) in [4.78, 5) is 2.12. The molecule has 0 aromatic carbocycles. The van der Waals surface area contributed by atoms with Gasteiger partial charge in [0.2, 0.25) is 0 Å². The van der Waals surface area contributed by atoms with Gasteiger partial charge < -0.3 is 4.90 Å². The number of rotatable bonds is 0. The molecule has 54 valence electrons. The Morgan fingerprint density at radius 2 is 2.00 bits per heavy atom. The third-order valence-corrected chi connectivity index (χ3v) is 1.57. The molecule has 0 N–H and O–H groups in total. The summed E-state index contributed by atoms with van der Waals surface area (Å²) in [6, 6.07) is 0. The molecular formula is C9H13N. The summed E-state index contributed by atoms with van der Waals surface area (Å²) >= 11 is 0. The van der Waals surface area contributed by atoms with Crippen molar-refractivity contribution in [3.63, 3.8) is 0 Å². The lowest BCUT2D eigenvalue weighted by atomic mass is 10.2. The second-order valence-corrected chi connectivity index (χ2v) is 2.70. The Morgan fingerprint density at radius 3 is 2.40 bits per heavy atom. The normalized spacial score (nSPS) is 16.3. The second-order valence-electron chi connectivity index (χ2n) is 2.70. The number of nitrogens with zero attached hydrogens (tertiary/aromatic N) is 1. The highest BCUT2D eigenvalue weighted by atomic mass is 15.1. The summed E-state index contributed by atoms with van der Waals surface area (Å²) in [5.74, 6) is 0. The molecule has 1 aliphatic heterocycles. The van der Waals surface area contributed by atoms with Gasteiger partial charge >= 0.3 is 0 Å². The fourth-order valence-electron chi connectivity index (χ4n) is 1.04. The van der Waals surface area contributed by atoms with Crippen molar-refractivity contribution >= 4 is 0 Å². The summed E-state index contributed by atoms with van der Waals surface area (Å²) in [6.07, 6.45) is 8.27. The zero-order valence-electron chi connectivity index (χ0n) is 6.76. The average Bonchev–Trinajstić information content (AvgIpc) is 1.88. The molecule has 0 saturated carbocycles. The van der Waals surface area contributed by atoms with Crippen molar-refractivity contribution in [1.29, 1.82) is 0 Å². The Bertz CT molecular complexity index is 205. The molecule has 0 spiro atoms. The van der Waals surface area contributed by atoms with Crippen molar-refractivity contribution in [2.75, 3.05) is 7.05 Å². The van der Waals surface area contributed by atoms with E-state index in [4.69, 9.17) is 0 Å². The molecule has 0 bridgehead atoms. The van der Waals surface area contributed by atoms with Gasteiger partial charge in [0.15, 0.2) is 0 Å². The molecular weight excluding hydrogens is 122 g/mol. The molecule has 0 atom stereocenters. The third-order valence-electron chi connectivity index (χ3n) is 1.57. The summed E-state index contributed by atoms with van der Waals surface area (Å²) < 4.78 is 0. The molecule has 10 heavy (non-hydrogen) atoms. The maximum absolute atomic E-state index is 2.12. The van der Waals surface area contributed by atoms with Gasteiger partial charge in [-0.15, -0.1) is 0 Å². The van der Waals surface area contributed by atoms with Gasteiger partial charge in [-0.1, -0.05) is 11.6 Å². The molecule has 0 aliphatic carbocycles. The van der Waals surface area contributed by atoms with Crippen LogP contribution in [0.15, 0.2) is 35.7 Å². The van der Waals surface area contributed by atoms with E-state index in [1.165, 1.54) is 11.3 Å². The zero-order chi connectivity index (χ0) is 7.56. The van der Waals surface area contributed by atoms with Crippen molar-refractivity contribution in [1.82, 2.24) is 4.90 Å². The van der Waals surface area contributed by atoms with Gasteiger partial charge in [-0.05, 0) is 26.0 Å². The minimum atomic E-state index is 1.29. The van der Waals surface area contributed by atoms with Gasteiger partial charge in [0.1, 0.15) is 0 Å². The van der Waals surface area contributed by atoms with Gasteiger partial charge in [-0.25, -0.2) is 0 Å². The molecule has 1 heteroatoms. The molecule has 0 saturated heterocycles. The molecule has 1 rings (SSSR count). The predicted octanol–water partition coefficient (Wildman–Crippen LogP) is 2.30. The van der Waals surface area contributed by atoms with Crippen LogP contribution in [0.25, 0.3) is 0 Å². The fraction of sp³-hybridized carbons (Fsp3) is 0.333. The molecule has 0 radical (unpaired) electrons. The van der Waals surface area contributed by atoms with Crippen LogP contribution in [-0.4, -0.2) is 11.9 Å². The van der Waals surface area contributed by atoms with Crippen LogP contribution in [0.4, 0.5) is 0 Å². The van der Waals surface area contributed by atoms with Crippen molar-refractivity contribution in [3.8, 4) is 0 Å². The highest BCUT2D eigenvalue weighted by molar-refractivity contribution is 5.30. The zero-order valence-corrected chi connectivity index (χ0v) is 6.76. The highest BCUT2D eigenvalue weighted by Gasteiger charge is 2.00. The Morgan fingerprint density at radius 1 is 1.30 bits per heavy atom. The number of hydrogen-bond acceptors (Lipinski definition) is 1. The summed E-state index contributed by atoms with van der Waals surface area (Å²) in [5, 5.41) is 0. The lowest BCUT2D eigenvalue weighted by Crippen LogP contribution is -2.11. The summed E-state index contributed by atoms with van der Waals surface area (Å²) in [6.45, 7) is 4.24. The van der Waals surface area contributed by atoms with E-state index in [0.717, 1.165) is 0 Å². The topological polar surface area (TPSA) is 3.24 Å². The molecule has 1 heterocycles. The first kappa shape index (κ1) is 7.13. The van der Waals surface area contributed by atoms with Gasteiger partial charge in [-0.3, -0.25) is 0 Å². The van der Waals surface area contributed by atoms with E-state index >= 15 is 0 Å². The van der Waals surface area contributed by atoms with Gasteiger partial charge in [0.05, 0.1) is 0 Å². The van der Waals surface area contributed by atoms with E-state index < -0.39 is 0 Å². The summed E-state index contributed by atoms with van der Waals surface area (Å²) in [5.41, 5.74) is 2.64. The Labute approximate surface area is 62.3 Å². The van der Waals surface area contributed by atoms with Crippen LogP contribution in [-0.2, 0) is 0 Å². The first-order chi connectivity index (χ1) is 4.72. The molecule has 0 amide bonds. The quantitative estimate of drug-likeness (QED) is 0.492. The van der Waals surface area contributed by atoms with Crippen LogP contribution in [0.3, 0.4) is 0 Å². The Hall–Kier alpha value is -0.980. The number of hydrogen-bond donors (Lipinski definition) is 0. The smallest absolute Gasteiger partial charge is 0.0389 e.